The second-order valence-corrected chi connectivity index (χ2v) is 5.48. The van der Waals surface area contributed by atoms with Gasteiger partial charge in [-0.15, -0.1) is 0 Å². The molecule has 3 heteroatoms. The Balaban J connectivity index is 2.71. The molecule has 1 rings (SSSR count). The molecular weight excluding hydrogens is 238 g/mol. The van der Waals surface area contributed by atoms with Crippen LogP contribution in [0.5, 0.6) is 0 Å². The largest absolute Gasteiger partial charge is 0.387 e. The zero-order valence-electron chi connectivity index (χ0n) is 12.5. The Kier molecular flexibility index (Phi) is 7.06. The van der Waals surface area contributed by atoms with Gasteiger partial charge in [-0.25, -0.2) is 0 Å². The minimum absolute atomic E-state index is 0.0833. The average Bonchev–Trinajstić information content (AvgIpc) is 2.42. The van der Waals surface area contributed by atoms with Gasteiger partial charge in [0, 0.05) is 26.2 Å². The van der Waals surface area contributed by atoms with E-state index in [0.29, 0.717) is 12.5 Å². The molecular formula is C16H27NO2. The number of ether oxygens (including phenoxy) is 1. The van der Waals surface area contributed by atoms with Crippen LogP contribution >= 0.6 is 0 Å². The molecule has 0 aliphatic heterocycles. The summed E-state index contributed by atoms with van der Waals surface area (Å²) in [5.41, 5.74) is 0.973. The minimum atomic E-state index is -0.461. The first-order chi connectivity index (χ1) is 9.06. The highest BCUT2D eigenvalue weighted by molar-refractivity contribution is 5.18. The van der Waals surface area contributed by atoms with Crippen LogP contribution in [0.4, 0.5) is 0 Å². The third-order valence-electron chi connectivity index (χ3n) is 3.36. The Morgan fingerprint density at radius 1 is 1.16 bits per heavy atom. The zero-order chi connectivity index (χ0) is 14.3. The van der Waals surface area contributed by atoms with Gasteiger partial charge in [0.15, 0.2) is 0 Å². The lowest BCUT2D eigenvalue weighted by molar-refractivity contribution is 0.0354. The van der Waals surface area contributed by atoms with E-state index in [1.807, 2.05) is 30.3 Å². The van der Waals surface area contributed by atoms with E-state index in [1.165, 1.54) is 0 Å². The quantitative estimate of drug-likeness (QED) is 0.784. The molecule has 0 radical (unpaired) electrons. The van der Waals surface area contributed by atoms with Crippen LogP contribution in [-0.4, -0.2) is 42.9 Å². The van der Waals surface area contributed by atoms with Gasteiger partial charge in [-0.05, 0) is 18.4 Å². The number of rotatable bonds is 8. The fraction of sp³-hybridized carbons (Fsp3) is 0.625. The lowest BCUT2D eigenvalue weighted by atomic mass is 10.0. The maximum atomic E-state index is 10.5. The zero-order valence-corrected chi connectivity index (χ0v) is 12.5. The van der Waals surface area contributed by atoms with E-state index in [1.54, 1.807) is 7.11 Å². The van der Waals surface area contributed by atoms with Gasteiger partial charge in [0.2, 0.25) is 0 Å². The number of nitrogens with zero attached hydrogens (tertiary/aromatic N) is 1. The highest BCUT2D eigenvalue weighted by Gasteiger charge is 2.23. The molecule has 0 aromatic heterocycles. The summed E-state index contributed by atoms with van der Waals surface area (Å²) in [6, 6.07) is 9.94. The van der Waals surface area contributed by atoms with Gasteiger partial charge in [0.25, 0.3) is 0 Å². The van der Waals surface area contributed by atoms with Crippen LogP contribution in [0.2, 0.25) is 0 Å². The molecule has 19 heavy (non-hydrogen) atoms. The third-order valence-corrected chi connectivity index (χ3v) is 3.36. The molecule has 0 saturated heterocycles. The van der Waals surface area contributed by atoms with Crippen molar-refractivity contribution in [3.8, 4) is 0 Å². The standard InChI is InChI=1S/C16H27NO2/c1-13(2)12-17(10-11-19-4)14(3)16(18)15-8-6-5-7-9-15/h5-9,13-14,16,18H,10-12H2,1-4H3. The van der Waals surface area contributed by atoms with Crippen molar-refractivity contribution in [2.45, 2.75) is 32.9 Å². The molecule has 1 aromatic carbocycles. The molecule has 2 unspecified atom stereocenters. The molecule has 0 aliphatic carbocycles. The lowest BCUT2D eigenvalue weighted by Gasteiger charge is -2.33. The third kappa shape index (κ3) is 5.31. The Morgan fingerprint density at radius 3 is 2.32 bits per heavy atom. The Bertz CT molecular complexity index is 340. The summed E-state index contributed by atoms with van der Waals surface area (Å²) in [6.07, 6.45) is -0.461. The molecule has 108 valence electrons. The number of hydrogen-bond donors (Lipinski definition) is 1. The van der Waals surface area contributed by atoms with Crippen molar-refractivity contribution < 1.29 is 9.84 Å². The summed E-state index contributed by atoms with van der Waals surface area (Å²) >= 11 is 0. The summed E-state index contributed by atoms with van der Waals surface area (Å²) in [6.45, 7) is 8.98. The van der Waals surface area contributed by atoms with E-state index in [2.05, 4.69) is 25.7 Å². The van der Waals surface area contributed by atoms with Crippen molar-refractivity contribution in [3.63, 3.8) is 0 Å². The smallest absolute Gasteiger partial charge is 0.0942 e. The Labute approximate surface area is 117 Å². The molecule has 3 nitrogen and oxygen atoms in total. The van der Waals surface area contributed by atoms with Crippen LogP contribution < -0.4 is 0 Å². The SMILES string of the molecule is COCCN(CC(C)C)C(C)C(O)c1ccccc1. The summed E-state index contributed by atoms with van der Waals surface area (Å²) in [5, 5.41) is 10.5. The van der Waals surface area contributed by atoms with E-state index in [-0.39, 0.29) is 6.04 Å². The molecule has 0 bridgehead atoms. The van der Waals surface area contributed by atoms with E-state index in [4.69, 9.17) is 4.74 Å². The van der Waals surface area contributed by atoms with E-state index < -0.39 is 6.10 Å². The molecule has 2 atom stereocenters. The molecule has 0 heterocycles. The van der Waals surface area contributed by atoms with Crippen LogP contribution in [0.25, 0.3) is 0 Å². The van der Waals surface area contributed by atoms with Gasteiger partial charge in [0.1, 0.15) is 0 Å². The van der Waals surface area contributed by atoms with Gasteiger partial charge < -0.3 is 9.84 Å². The Morgan fingerprint density at radius 2 is 1.79 bits per heavy atom. The number of aliphatic hydroxyl groups excluding tert-OH is 1. The van der Waals surface area contributed by atoms with E-state index >= 15 is 0 Å². The van der Waals surface area contributed by atoms with Crippen molar-refractivity contribution in [3.05, 3.63) is 35.9 Å². The number of hydrogen-bond acceptors (Lipinski definition) is 3. The average molecular weight is 265 g/mol. The van der Waals surface area contributed by atoms with Crippen LogP contribution in [-0.2, 0) is 4.74 Å². The first-order valence-electron chi connectivity index (χ1n) is 7.02. The van der Waals surface area contributed by atoms with Gasteiger partial charge >= 0.3 is 0 Å². The van der Waals surface area contributed by atoms with Crippen LogP contribution in [0.15, 0.2) is 30.3 Å². The summed E-state index contributed by atoms with van der Waals surface area (Å²) in [5.74, 6) is 0.572. The normalized spacial score (nSPS) is 14.9. The van der Waals surface area contributed by atoms with Crippen LogP contribution in [0.3, 0.4) is 0 Å². The van der Waals surface area contributed by atoms with Crippen molar-refractivity contribution in [1.82, 2.24) is 4.90 Å². The van der Waals surface area contributed by atoms with Crippen LogP contribution in [0.1, 0.15) is 32.4 Å². The van der Waals surface area contributed by atoms with Crippen LogP contribution in [0, 0.1) is 5.92 Å². The predicted octanol–water partition coefficient (Wildman–Crippen LogP) is 2.71. The Hall–Kier alpha value is -0.900. The van der Waals surface area contributed by atoms with Crippen molar-refractivity contribution >= 4 is 0 Å². The number of benzene rings is 1. The topological polar surface area (TPSA) is 32.7 Å². The van der Waals surface area contributed by atoms with Gasteiger partial charge in [-0.1, -0.05) is 44.2 Å². The molecule has 0 amide bonds. The fourth-order valence-electron chi connectivity index (χ4n) is 2.27. The number of aliphatic hydroxyl groups is 1. The molecule has 1 aromatic rings. The maximum absolute atomic E-state index is 10.5. The highest BCUT2D eigenvalue weighted by Crippen LogP contribution is 2.21. The monoisotopic (exact) mass is 265 g/mol. The fourth-order valence-corrected chi connectivity index (χ4v) is 2.27. The molecule has 0 saturated carbocycles. The van der Waals surface area contributed by atoms with E-state index in [0.717, 1.165) is 18.7 Å². The van der Waals surface area contributed by atoms with E-state index in [9.17, 15) is 5.11 Å². The summed E-state index contributed by atoms with van der Waals surface area (Å²) < 4.78 is 5.17. The maximum Gasteiger partial charge on any atom is 0.0942 e. The number of methoxy groups -OCH3 is 1. The molecule has 0 fully saturated rings. The van der Waals surface area contributed by atoms with Gasteiger partial charge in [-0.2, -0.15) is 0 Å². The molecule has 0 spiro atoms. The lowest BCUT2D eigenvalue weighted by Crippen LogP contribution is -2.41. The molecule has 1 N–H and O–H groups in total. The van der Waals surface area contributed by atoms with Gasteiger partial charge in [-0.3, -0.25) is 4.90 Å². The van der Waals surface area contributed by atoms with Crippen molar-refractivity contribution in [2.75, 3.05) is 26.8 Å². The first kappa shape index (κ1) is 16.2. The van der Waals surface area contributed by atoms with Crippen molar-refractivity contribution in [1.29, 1.82) is 0 Å². The van der Waals surface area contributed by atoms with Crippen molar-refractivity contribution in [2.24, 2.45) is 5.92 Å². The minimum Gasteiger partial charge on any atom is -0.387 e. The second kappa shape index (κ2) is 8.31. The van der Waals surface area contributed by atoms with Gasteiger partial charge in [0.05, 0.1) is 12.7 Å². The summed E-state index contributed by atoms with van der Waals surface area (Å²) in [4.78, 5) is 2.30. The first-order valence-corrected chi connectivity index (χ1v) is 7.02. The predicted molar refractivity (Wildman–Crippen MR) is 79.2 cm³/mol. The highest BCUT2D eigenvalue weighted by atomic mass is 16.5. The summed E-state index contributed by atoms with van der Waals surface area (Å²) in [7, 11) is 1.71. The second-order valence-electron chi connectivity index (χ2n) is 5.48. The molecule has 0 aliphatic rings.